The lowest BCUT2D eigenvalue weighted by Crippen LogP contribution is -2.28. The third-order valence-corrected chi connectivity index (χ3v) is 5.11. The molecule has 0 aliphatic heterocycles. The number of rotatable bonds is 7. The molecule has 0 N–H and O–H groups in total. The number of hydrogen-bond donors (Lipinski definition) is 0. The molecule has 0 spiro atoms. The van der Waals surface area contributed by atoms with Crippen LogP contribution in [0.25, 0.3) is 11.0 Å². The summed E-state index contributed by atoms with van der Waals surface area (Å²) < 4.78 is 2.13. The lowest BCUT2D eigenvalue weighted by Gasteiger charge is -2.17. The summed E-state index contributed by atoms with van der Waals surface area (Å²) in [6, 6.07) is 13.8. The van der Waals surface area contributed by atoms with Crippen LogP contribution in [0.1, 0.15) is 47.1 Å². The van der Waals surface area contributed by atoms with Gasteiger partial charge in [-0.15, -0.1) is 0 Å². The smallest absolute Gasteiger partial charge is 0.223 e. The predicted molar refractivity (Wildman–Crippen MR) is 111 cm³/mol. The minimum absolute atomic E-state index is 0.0174. The van der Waals surface area contributed by atoms with Gasteiger partial charge in [-0.25, -0.2) is 4.98 Å². The first-order valence-electron chi connectivity index (χ1n) is 9.69. The number of ketones is 1. The summed E-state index contributed by atoms with van der Waals surface area (Å²) in [5, 5.41) is 0. The van der Waals surface area contributed by atoms with Crippen LogP contribution in [0.4, 0.5) is 0 Å². The summed E-state index contributed by atoms with van der Waals surface area (Å²) in [7, 11) is 1.77. The lowest BCUT2D eigenvalue weighted by molar-refractivity contribution is -0.130. The second-order valence-electron chi connectivity index (χ2n) is 7.25. The molecule has 0 aliphatic rings. The molecular formula is C23H27N3O2. The molecule has 1 heterocycles. The van der Waals surface area contributed by atoms with Crippen LogP contribution in [0.5, 0.6) is 0 Å². The summed E-state index contributed by atoms with van der Waals surface area (Å²) in [5.41, 5.74) is 4.73. The molecular weight excluding hydrogens is 350 g/mol. The molecule has 0 aliphatic carbocycles. The molecule has 0 saturated heterocycles. The quantitative estimate of drug-likeness (QED) is 0.577. The van der Waals surface area contributed by atoms with Crippen molar-refractivity contribution >= 4 is 22.7 Å². The van der Waals surface area contributed by atoms with Crippen molar-refractivity contribution in [3.05, 3.63) is 65.0 Å². The minimum atomic E-state index is -0.0478. The first kappa shape index (κ1) is 19.8. The SMILES string of the molecule is CCn1c(CN(C)C(=O)CCC(=O)c2cc(C)ccc2C)nc2ccccc21. The van der Waals surface area contributed by atoms with Crippen LogP contribution in [-0.4, -0.2) is 33.2 Å². The number of aromatic nitrogens is 2. The normalized spacial score (nSPS) is 11.0. The van der Waals surface area contributed by atoms with Gasteiger partial charge in [0.25, 0.3) is 0 Å². The Labute approximate surface area is 166 Å². The van der Waals surface area contributed by atoms with E-state index < -0.39 is 0 Å². The Balaban J connectivity index is 1.65. The van der Waals surface area contributed by atoms with Gasteiger partial charge in [-0.1, -0.05) is 29.8 Å². The third-order valence-electron chi connectivity index (χ3n) is 5.11. The van der Waals surface area contributed by atoms with E-state index in [4.69, 9.17) is 0 Å². The van der Waals surface area contributed by atoms with Crippen molar-refractivity contribution in [3.63, 3.8) is 0 Å². The van der Waals surface area contributed by atoms with Gasteiger partial charge in [-0.3, -0.25) is 9.59 Å². The Morgan fingerprint density at radius 1 is 1.07 bits per heavy atom. The van der Waals surface area contributed by atoms with Crippen LogP contribution < -0.4 is 0 Å². The Hall–Kier alpha value is -2.95. The molecule has 3 rings (SSSR count). The Kier molecular flexibility index (Phi) is 5.93. The van der Waals surface area contributed by atoms with E-state index in [0.29, 0.717) is 12.1 Å². The van der Waals surface area contributed by atoms with Gasteiger partial charge < -0.3 is 9.47 Å². The van der Waals surface area contributed by atoms with Crippen LogP contribution in [0.2, 0.25) is 0 Å². The van der Waals surface area contributed by atoms with Crippen molar-refractivity contribution in [2.75, 3.05) is 7.05 Å². The maximum absolute atomic E-state index is 12.6. The van der Waals surface area contributed by atoms with Crippen molar-refractivity contribution in [3.8, 4) is 0 Å². The average molecular weight is 377 g/mol. The van der Waals surface area contributed by atoms with E-state index in [9.17, 15) is 9.59 Å². The molecule has 1 aromatic heterocycles. The van der Waals surface area contributed by atoms with E-state index >= 15 is 0 Å². The number of imidazole rings is 1. The van der Waals surface area contributed by atoms with E-state index in [1.165, 1.54) is 0 Å². The summed E-state index contributed by atoms with van der Waals surface area (Å²) in [6.45, 7) is 7.19. The first-order chi connectivity index (χ1) is 13.4. The first-order valence-corrected chi connectivity index (χ1v) is 9.69. The van der Waals surface area contributed by atoms with Crippen LogP contribution in [0, 0.1) is 13.8 Å². The molecule has 0 fully saturated rings. The number of carbonyl (C=O) groups is 2. The summed E-state index contributed by atoms with van der Waals surface area (Å²) in [5.74, 6) is 0.831. The van der Waals surface area contributed by atoms with E-state index in [-0.39, 0.29) is 24.5 Å². The summed E-state index contributed by atoms with van der Waals surface area (Å²) in [6.07, 6.45) is 0.423. The lowest BCUT2D eigenvalue weighted by atomic mass is 9.99. The van der Waals surface area contributed by atoms with E-state index in [0.717, 1.165) is 34.5 Å². The topological polar surface area (TPSA) is 55.2 Å². The van der Waals surface area contributed by atoms with E-state index in [2.05, 4.69) is 16.5 Å². The van der Waals surface area contributed by atoms with Crippen molar-refractivity contribution in [1.82, 2.24) is 14.5 Å². The average Bonchev–Trinajstić information content (AvgIpc) is 3.04. The zero-order valence-electron chi connectivity index (χ0n) is 17.0. The van der Waals surface area contributed by atoms with E-state index in [1.54, 1.807) is 11.9 Å². The van der Waals surface area contributed by atoms with Crippen LogP contribution >= 0.6 is 0 Å². The number of fused-ring (bicyclic) bond motifs is 1. The zero-order valence-corrected chi connectivity index (χ0v) is 17.0. The maximum Gasteiger partial charge on any atom is 0.223 e. The molecule has 0 saturated carbocycles. The van der Waals surface area contributed by atoms with E-state index in [1.807, 2.05) is 56.3 Å². The van der Waals surface area contributed by atoms with Crippen molar-refractivity contribution < 1.29 is 9.59 Å². The fourth-order valence-electron chi connectivity index (χ4n) is 3.48. The Bertz CT molecular complexity index is 1020. The van der Waals surface area contributed by atoms with Gasteiger partial charge in [0.2, 0.25) is 5.91 Å². The standard InChI is InChI=1S/C23H27N3O2/c1-5-26-20-9-7-6-8-19(20)24-22(26)15-25(4)23(28)13-12-21(27)18-14-16(2)10-11-17(18)3/h6-11,14H,5,12-13,15H2,1-4H3. The molecule has 0 unspecified atom stereocenters. The molecule has 5 heteroatoms. The van der Waals surface area contributed by atoms with Crippen LogP contribution in [0.3, 0.4) is 0 Å². The molecule has 28 heavy (non-hydrogen) atoms. The third kappa shape index (κ3) is 4.14. The number of hydrogen-bond acceptors (Lipinski definition) is 3. The molecule has 5 nitrogen and oxygen atoms in total. The molecule has 0 atom stereocenters. The number of aryl methyl sites for hydroxylation is 3. The number of Topliss-reactive ketones (excluding diaryl/α,β-unsaturated/α-hetero) is 1. The Morgan fingerprint density at radius 3 is 2.57 bits per heavy atom. The summed E-state index contributed by atoms with van der Waals surface area (Å²) in [4.78, 5) is 31.4. The molecule has 1 amide bonds. The molecule has 3 aromatic rings. The van der Waals surface area contributed by atoms with Crippen molar-refractivity contribution in [1.29, 1.82) is 0 Å². The summed E-state index contributed by atoms with van der Waals surface area (Å²) >= 11 is 0. The van der Waals surface area contributed by atoms with Gasteiger partial charge in [-0.2, -0.15) is 0 Å². The highest BCUT2D eigenvalue weighted by Crippen LogP contribution is 2.18. The van der Waals surface area contributed by atoms with Crippen molar-refractivity contribution in [2.24, 2.45) is 0 Å². The van der Waals surface area contributed by atoms with Crippen molar-refractivity contribution in [2.45, 2.75) is 46.7 Å². The largest absolute Gasteiger partial charge is 0.338 e. The number of carbonyl (C=O) groups excluding carboxylic acids is 2. The molecule has 0 radical (unpaired) electrons. The highest BCUT2D eigenvalue weighted by Gasteiger charge is 2.17. The van der Waals surface area contributed by atoms with Gasteiger partial charge in [0.1, 0.15) is 5.82 Å². The predicted octanol–water partition coefficient (Wildman–Crippen LogP) is 4.29. The molecule has 2 aromatic carbocycles. The van der Waals surface area contributed by atoms with Gasteiger partial charge in [0.15, 0.2) is 5.78 Å². The van der Waals surface area contributed by atoms with Gasteiger partial charge in [0, 0.05) is 32.0 Å². The zero-order chi connectivity index (χ0) is 20.3. The van der Waals surface area contributed by atoms with Crippen LogP contribution in [-0.2, 0) is 17.9 Å². The van der Waals surface area contributed by atoms with Gasteiger partial charge >= 0.3 is 0 Å². The molecule has 0 bridgehead atoms. The Morgan fingerprint density at radius 2 is 1.82 bits per heavy atom. The number of nitrogens with zero attached hydrogens (tertiary/aromatic N) is 3. The number of benzene rings is 2. The number of amides is 1. The highest BCUT2D eigenvalue weighted by atomic mass is 16.2. The molecule has 146 valence electrons. The second-order valence-corrected chi connectivity index (χ2v) is 7.25. The fraction of sp³-hybridized carbons (Fsp3) is 0.348. The highest BCUT2D eigenvalue weighted by molar-refractivity contribution is 5.99. The van der Waals surface area contributed by atoms with Gasteiger partial charge in [-0.05, 0) is 44.5 Å². The monoisotopic (exact) mass is 377 g/mol. The van der Waals surface area contributed by atoms with Crippen LogP contribution in [0.15, 0.2) is 42.5 Å². The second kappa shape index (κ2) is 8.38. The number of para-hydroxylation sites is 2. The fourth-order valence-corrected chi connectivity index (χ4v) is 3.48. The van der Waals surface area contributed by atoms with Gasteiger partial charge in [0.05, 0.1) is 17.6 Å². The maximum atomic E-state index is 12.6. The minimum Gasteiger partial charge on any atom is -0.338 e.